The van der Waals surface area contributed by atoms with Crippen molar-refractivity contribution in [2.75, 3.05) is 0 Å². The molecule has 0 aliphatic heterocycles. The Morgan fingerprint density at radius 2 is 0.833 bits per heavy atom. The maximum absolute atomic E-state index is 9.68. The fourth-order valence-corrected chi connectivity index (χ4v) is 1.11. The number of isocyanates is 4. The van der Waals surface area contributed by atoms with Gasteiger partial charge in [0, 0.05) is 0 Å². The van der Waals surface area contributed by atoms with Crippen molar-refractivity contribution in [1.82, 2.24) is 0 Å². The molecular weight excluding hydrogens is 312 g/mol. The Bertz CT molecular complexity index is 658. The van der Waals surface area contributed by atoms with Crippen molar-refractivity contribution in [1.29, 1.82) is 10.8 Å². The number of aliphatic imine (C=N–C) groups is 2. The first kappa shape index (κ1) is 22.2. The van der Waals surface area contributed by atoms with Gasteiger partial charge in [-0.1, -0.05) is 36.4 Å². The molecule has 8 heteroatoms. The molecule has 8 nitrogen and oxygen atoms in total. The Hall–Kier alpha value is -4.04. The Labute approximate surface area is 137 Å². The summed E-state index contributed by atoms with van der Waals surface area (Å²) in [6, 6.07) is 18.0. The number of rotatable bonds is 2. The molecule has 0 aliphatic carbocycles. The van der Waals surface area contributed by atoms with Gasteiger partial charge in [0.15, 0.2) is 0 Å². The molecule has 2 rings (SSSR count). The van der Waals surface area contributed by atoms with Crippen molar-refractivity contribution in [3.05, 3.63) is 60.7 Å². The molecule has 0 aliphatic rings. The van der Waals surface area contributed by atoms with E-state index < -0.39 is 0 Å². The second-order valence-corrected chi connectivity index (χ2v) is 3.28. The Balaban J connectivity index is 0. The van der Waals surface area contributed by atoms with E-state index in [9.17, 15) is 9.59 Å². The lowest BCUT2D eigenvalue weighted by Gasteiger charge is -1.83. The van der Waals surface area contributed by atoms with Gasteiger partial charge in [-0.05, 0) is 24.3 Å². The highest BCUT2D eigenvalue weighted by atomic mass is 16.1. The van der Waals surface area contributed by atoms with E-state index in [1.165, 1.54) is 12.2 Å². The highest BCUT2D eigenvalue weighted by molar-refractivity contribution is 5.48. The fraction of sp³-hybridized carbons (Fsp3) is 0. The van der Waals surface area contributed by atoms with Crippen LogP contribution in [-0.2, 0) is 19.2 Å². The highest BCUT2D eigenvalue weighted by Crippen LogP contribution is 2.07. The molecule has 0 spiro atoms. The van der Waals surface area contributed by atoms with Crippen molar-refractivity contribution >= 4 is 35.7 Å². The van der Waals surface area contributed by atoms with Crippen LogP contribution in [0.4, 0.5) is 11.4 Å². The van der Waals surface area contributed by atoms with E-state index in [1.807, 2.05) is 36.4 Å². The Morgan fingerprint density at radius 1 is 0.583 bits per heavy atom. The third-order valence-electron chi connectivity index (χ3n) is 1.86. The molecule has 0 unspecified atom stereocenters. The van der Waals surface area contributed by atoms with Gasteiger partial charge >= 0.3 is 0 Å². The lowest BCUT2D eigenvalue weighted by molar-refractivity contribution is 0.562. The fourth-order valence-electron chi connectivity index (χ4n) is 1.11. The highest BCUT2D eigenvalue weighted by Gasteiger charge is 1.80. The Kier molecular flexibility index (Phi) is 17.6. The second-order valence-electron chi connectivity index (χ2n) is 3.28. The van der Waals surface area contributed by atoms with Crippen LogP contribution in [-0.4, -0.2) is 24.3 Å². The molecule has 0 heterocycles. The number of hydrogen-bond donors (Lipinski definition) is 2. The van der Waals surface area contributed by atoms with Gasteiger partial charge < -0.3 is 0 Å². The molecule has 120 valence electrons. The maximum Gasteiger partial charge on any atom is 0.240 e. The first-order valence-electron chi connectivity index (χ1n) is 6.03. The van der Waals surface area contributed by atoms with Gasteiger partial charge in [0.05, 0.1) is 11.4 Å². The number of hydrogen-bond acceptors (Lipinski definition) is 8. The van der Waals surface area contributed by atoms with E-state index in [0.29, 0.717) is 11.4 Å². The molecule has 0 radical (unpaired) electrons. The second kappa shape index (κ2) is 19.0. The van der Waals surface area contributed by atoms with Gasteiger partial charge in [0.1, 0.15) is 0 Å². The number of nitrogens with one attached hydrogen (secondary N) is 2. The van der Waals surface area contributed by atoms with E-state index in [-0.39, 0.29) is 0 Å². The van der Waals surface area contributed by atoms with Gasteiger partial charge in [0.25, 0.3) is 0 Å². The number of para-hydroxylation sites is 2. The smallest absolute Gasteiger partial charge is 0.222 e. The first-order valence-corrected chi connectivity index (χ1v) is 6.03. The summed E-state index contributed by atoms with van der Waals surface area (Å²) < 4.78 is 0. The molecule has 0 aromatic heterocycles. The van der Waals surface area contributed by atoms with Gasteiger partial charge in [-0.25, -0.2) is 30.0 Å². The van der Waals surface area contributed by atoms with Crippen LogP contribution < -0.4 is 0 Å². The molecule has 0 saturated heterocycles. The summed E-state index contributed by atoms with van der Waals surface area (Å²) in [5, 5.41) is 10.8. The van der Waals surface area contributed by atoms with Crippen molar-refractivity contribution in [2.24, 2.45) is 9.98 Å². The number of nitrogens with zero attached hydrogens (tertiary/aromatic N) is 2. The third kappa shape index (κ3) is 16.0. The summed E-state index contributed by atoms with van der Waals surface area (Å²) in [6.45, 7) is 0. The average Bonchev–Trinajstić information content (AvgIpc) is 2.59. The normalized spacial score (nSPS) is 6.67. The molecule has 24 heavy (non-hydrogen) atoms. The van der Waals surface area contributed by atoms with Crippen LogP contribution >= 0.6 is 0 Å². The quantitative estimate of drug-likeness (QED) is 0.646. The predicted octanol–water partition coefficient (Wildman–Crippen LogP) is 3.11. The summed E-state index contributed by atoms with van der Waals surface area (Å²) in [5.41, 5.74) is 1.29. The van der Waals surface area contributed by atoms with E-state index in [0.717, 1.165) is 12.2 Å². The van der Waals surface area contributed by atoms with Crippen molar-refractivity contribution in [3.63, 3.8) is 0 Å². The van der Waals surface area contributed by atoms with Crippen LogP contribution in [0, 0.1) is 10.8 Å². The molecule has 0 saturated carbocycles. The van der Waals surface area contributed by atoms with E-state index in [1.54, 1.807) is 24.3 Å². The minimum Gasteiger partial charge on any atom is -0.222 e. The topological polar surface area (TPSA) is 141 Å². The van der Waals surface area contributed by atoms with Crippen LogP contribution in [0.15, 0.2) is 70.6 Å². The SMILES string of the molecule is N=C=O.N=C=O.O=C=Nc1ccccc1.O=C=Nc1ccccc1. The third-order valence-corrected chi connectivity index (χ3v) is 1.86. The summed E-state index contributed by atoms with van der Waals surface area (Å²) in [4.78, 5) is 42.9. The van der Waals surface area contributed by atoms with Crippen molar-refractivity contribution in [3.8, 4) is 0 Å². The lowest BCUT2D eigenvalue weighted by atomic mass is 10.3. The van der Waals surface area contributed by atoms with Crippen LogP contribution in [0.5, 0.6) is 0 Å². The van der Waals surface area contributed by atoms with E-state index in [4.69, 9.17) is 20.4 Å². The Morgan fingerprint density at radius 3 is 1.04 bits per heavy atom. The zero-order chi connectivity index (χ0) is 18.5. The van der Waals surface area contributed by atoms with E-state index in [2.05, 4.69) is 9.98 Å². The molecule has 2 aromatic carbocycles. The first-order chi connectivity index (χ1) is 11.7. The lowest BCUT2D eigenvalue weighted by Crippen LogP contribution is -1.59. The zero-order valence-electron chi connectivity index (χ0n) is 12.3. The summed E-state index contributed by atoms with van der Waals surface area (Å²) >= 11 is 0. The minimum absolute atomic E-state index is 0.646. The number of benzene rings is 2. The van der Waals surface area contributed by atoms with E-state index >= 15 is 0 Å². The van der Waals surface area contributed by atoms with Crippen molar-refractivity contribution in [2.45, 2.75) is 0 Å². The maximum atomic E-state index is 9.68. The standard InChI is InChI=1S/2C7H5NO.2CHNO/c2*9-6-8-7-4-2-1-3-5-7;2*2-1-3/h2*1-5H;2*2H. The van der Waals surface area contributed by atoms with Gasteiger partial charge in [0.2, 0.25) is 24.3 Å². The van der Waals surface area contributed by atoms with Crippen LogP contribution in [0.3, 0.4) is 0 Å². The zero-order valence-corrected chi connectivity index (χ0v) is 12.3. The average molecular weight is 324 g/mol. The molecule has 0 amide bonds. The molecular formula is C16H12N4O4. The molecule has 2 aromatic rings. The van der Waals surface area contributed by atoms with Crippen molar-refractivity contribution < 1.29 is 19.2 Å². The van der Waals surface area contributed by atoms with Crippen LogP contribution in [0.25, 0.3) is 0 Å². The largest absolute Gasteiger partial charge is 0.240 e. The predicted molar refractivity (Wildman–Crippen MR) is 85.3 cm³/mol. The van der Waals surface area contributed by atoms with Gasteiger partial charge in [-0.3, -0.25) is 0 Å². The van der Waals surface area contributed by atoms with Gasteiger partial charge in [-0.2, -0.15) is 9.98 Å². The summed E-state index contributed by atoms with van der Waals surface area (Å²) in [6.07, 6.45) is 4.42. The molecule has 2 N–H and O–H groups in total. The molecule has 0 bridgehead atoms. The number of carbonyl (C=O) groups excluding carboxylic acids is 4. The summed E-state index contributed by atoms with van der Waals surface area (Å²) in [7, 11) is 0. The van der Waals surface area contributed by atoms with Crippen LogP contribution in [0.2, 0.25) is 0 Å². The monoisotopic (exact) mass is 324 g/mol. The minimum atomic E-state index is 0.646. The summed E-state index contributed by atoms with van der Waals surface area (Å²) in [5.74, 6) is 0. The van der Waals surface area contributed by atoms with Crippen LogP contribution in [0.1, 0.15) is 0 Å². The molecule has 0 atom stereocenters. The molecule has 0 fully saturated rings. The van der Waals surface area contributed by atoms with Gasteiger partial charge in [-0.15, -0.1) is 0 Å².